The molecule has 3 N–H and O–H groups in total. The topological polar surface area (TPSA) is 55.1 Å². The first kappa shape index (κ1) is 15.4. The summed E-state index contributed by atoms with van der Waals surface area (Å²) >= 11 is 0. The molecule has 96 valence electrons. The van der Waals surface area contributed by atoms with E-state index in [4.69, 9.17) is 5.73 Å². The lowest BCUT2D eigenvalue weighted by molar-refractivity contribution is -0.167. The molecule has 0 atom stereocenters. The van der Waals surface area contributed by atoms with E-state index in [1.54, 1.807) is 0 Å². The van der Waals surface area contributed by atoms with Crippen LogP contribution in [0.5, 0.6) is 0 Å². The maximum absolute atomic E-state index is 13.1. The van der Waals surface area contributed by atoms with Crippen molar-refractivity contribution >= 4 is 29.7 Å². The number of amides is 1. The molecule has 17 heavy (non-hydrogen) atoms. The molecule has 3 nitrogen and oxygen atoms in total. The number of hydrogen-bond acceptors (Lipinski definition) is 2. The predicted molar refractivity (Wildman–Crippen MR) is 52.7 cm³/mol. The minimum Gasteiger partial charge on any atom is -0.394 e. The van der Waals surface area contributed by atoms with Crippen LogP contribution in [-0.4, -0.2) is 12.1 Å². The summed E-state index contributed by atoms with van der Waals surface area (Å²) in [6, 6.07) is 1.29. The fourth-order valence-electron chi connectivity index (χ4n) is 0.859. The van der Waals surface area contributed by atoms with E-state index in [2.05, 4.69) is 0 Å². The largest absolute Gasteiger partial charge is 0.471 e. The Labute approximate surface area is 98.2 Å². The van der Waals surface area contributed by atoms with Crippen LogP contribution < -0.4 is 11.1 Å². The summed E-state index contributed by atoms with van der Waals surface area (Å²) in [5.41, 5.74) is 3.09. The minimum absolute atomic E-state index is 0. The number of nitrogen functional groups attached to an aromatic ring is 1. The van der Waals surface area contributed by atoms with Gasteiger partial charge in [-0.1, -0.05) is 0 Å². The number of carbonyl (C=O) groups excluding carboxylic acids is 1. The van der Waals surface area contributed by atoms with E-state index in [1.165, 1.54) is 5.32 Å². The zero-order valence-corrected chi connectivity index (χ0v) is 8.75. The number of halogens is 6. The van der Waals surface area contributed by atoms with Crippen LogP contribution in [0.3, 0.4) is 0 Å². The third-order valence-electron chi connectivity index (χ3n) is 1.63. The summed E-state index contributed by atoms with van der Waals surface area (Å²) in [7, 11) is 0. The molecule has 0 aromatic heterocycles. The van der Waals surface area contributed by atoms with Crippen molar-refractivity contribution in [1.82, 2.24) is 0 Å². The Bertz CT molecular complexity index is 435. The van der Waals surface area contributed by atoms with Gasteiger partial charge in [-0.05, 0) is 12.1 Å². The highest BCUT2D eigenvalue weighted by atomic mass is 35.5. The Balaban J connectivity index is 0.00000256. The zero-order valence-electron chi connectivity index (χ0n) is 7.94. The van der Waals surface area contributed by atoms with Gasteiger partial charge in [-0.3, -0.25) is 4.79 Å². The van der Waals surface area contributed by atoms with Gasteiger partial charge in [0.15, 0.2) is 5.82 Å². The first-order valence-electron chi connectivity index (χ1n) is 3.85. The molecule has 0 heterocycles. The van der Waals surface area contributed by atoms with Crippen LogP contribution in [0, 0.1) is 11.6 Å². The average Bonchev–Trinajstić information content (AvgIpc) is 2.17. The van der Waals surface area contributed by atoms with Crippen molar-refractivity contribution in [2.75, 3.05) is 11.1 Å². The van der Waals surface area contributed by atoms with Gasteiger partial charge in [0, 0.05) is 0 Å². The zero-order chi connectivity index (χ0) is 12.5. The highest BCUT2D eigenvalue weighted by Gasteiger charge is 2.39. The normalized spacial score (nSPS) is 10.6. The molecule has 0 bridgehead atoms. The molecule has 1 aromatic carbocycles. The van der Waals surface area contributed by atoms with Gasteiger partial charge in [0.25, 0.3) is 0 Å². The van der Waals surface area contributed by atoms with Crippen LogP contribution in [0.4, 0.5) is 33.3 Å². The Morgan fingerprint density at radius 3 is 2.24 bits per heavy atom. The summed E-state index contributed by atoms with van der Waals surface area (Å²) in [5.74, 6) is -4.93. The van der Waals surface area contributed by atoms with Gasteiger partial charge in [-0.25, -0.2) is 8.78 Å². The van der Waals surface area contributed by atoms with E-state index in [9.17, 15) is 26.7 Å². The van der Waals surface area contributed by atoms with Crippen molar-refractivity contribution in [3.8, 4) is 0 Å². The van der Waals surface area contributed by atoms with Crippen molar-refractivity contribution in [2.24, 2.45) is 0 Å². The van der Waals surface area contributed by atoms with E-state index in [-0.39, 0.29) is 12.4 Å². The fourth-order valence-corrected chi connectivity index (χ4v) is 0.859. The molecule has 0 aliphatic rings. The maximum Gasteiger partial charge on any atom is 0.471 e. The summed E-state index contributed by atoms with van der Waals surface area (Å²) in [6.45, 7) is 0. The number of anilines is 2. The number of alkyl halides is 3. The quantitative estimate of drug-likeness (QED) is 0.611. The second kappa shape index (κ2) is 5.17. The van der Waals surface area contributed by atoms with Gasteiger partial charge in [-0.15, -0.1) is 12.4 Å². The van der Waals surface area contributed by atoms with Crippen LogP contribution >= 0.6 is 12.4 Å². The molecular weight excluding hydrogens is 271 g/mol. The molecule has 0 saturated carbocycles. The third kappa shape index (κ3) is 3.45. The molecule has 0 fully saturated rings. The lowest BCUT2D eigenvalue weighted by Crippen LogP contribution is -2.30. The van der Waals surface area contributed by atoms with E-state index < -0.39 is 35.1 Å². The van der Waals surface area contributed by atoms with E-state index in [1.807, 2.05) is 0 Å². The first-order valence-corrected chi connectivity index (χ1v) is 3.85. The molecule has 1 aromatic rings. The number of carbonyl (C=O) groups is 1. The van der Waals surface area contributed by atoms with E-state index >= 15 is 0 Å². The standard InChI is InChI=1S/C8H5F5N2O.ClH/c9-3-1-2-4(5(10)6(3)14)15-7(16)8(11,12)13;/h1-2H,14H2,(H,15,16);1H. The van der Waals surface area contributed by atoms with Gasteiger partial charge in [0.05, 0.1) is 5.69 Å². The fraction of sp³-hybridized carbons (Fsp3) is 0.125. The minimum atomic E-state index is -5.16. The average molecular weight is 277 g/mol. The number of hydrogen-bond donors (Lipinski definition) is 2. The van der Waals surface area contributed by atoms with Gasteiger partial charge < -0.3 is 11.1 Å². The summed E-state index contributed by atoms with van der Waals surface area (Å²) in [5, 5.41) is 1.23. The van der Waals surface area contributed by atoms with Crippen LogP contribution in [0.25, 0.3) is 0 Å². The predicted octanol–water partition coefficient (Wildman–Crippen LogP) is 2.47. The molecule has 1 rings (SSSR count). The number of rotatable bonds is 1. The molecule has 0 spiro atoms. The van der Waals surface area contributed by atoms with Crippen LogP contribution in [-0.2, 0) is 4.79 Å². The third-order valence-corrected chi connectivity index (χ3v) is 1.63. The summed E-state index contributed by atoms with van der Waals surface area (Å²) in [4.78, 5) is 10.4. The maximum atomic E-state index is 13.1. The SMILES string of the molecule is Cl.Nc1c(F)ccc(NC(=O)C(F)(F)F)c1F. The van der Waals surface area contributed by atoms with Crippen molar-refractivity contribution in [2.45, 2.75) is 6.18 Å². The van der Waals surface area contributed by atoms with E-state index in [0.29, 0.717) is 12.1 Å². The van der Waals surface area contributed by atoms with Crippen LogP contribution in [0.2, 0.25) is 0 Å². The smallest absolute Gasteiger partial charge is 0.394 e. The summed E-state index contributed by atoms with van der Waals surface area (Å²) in [6.07, 6.45) is -5.16. The molecule has 0 radical (unpaired) electrons. The Kier molecular flexibility index (Phi) is 4.70. The van der Waals surface area contributed by atoms with Crippen molar-refractivity contribution in [3.05, 3.63) is 23.8 Å². The molecule has 1 amide bonds. The lowest BCUT2D eigenvalue weighted by Gasteiger charge is -2.09. The van der Waals surface area contributed by atoms with Crippen molar-refractivity contribution in [1.29, 1.82) is 0 Å². The monoisotopic (exact) mass is 276 g/mol. The van der Waals surface area contributed by atoms with E-state index in [0.717, 1.165) is 0 Å². The van der Waals surface area contributed by atoms with Gasteiger partial charge in [0.2, 0.25) is 0 Å². The molecule has 0 aliphatic heterocycles. The Morgan fingerprint density at radius 2 is 1.76 bits per heavy atom. The Morgan fingerprint density at radius 1 is 1.24 bits per heavy atom. The first-order chi connectivity index (χ1) is 7.23. The summed E-state index contributed by atoms with van der Waals surface area (Å²) < 4.78 is 61.1. The van der Waals surface area contributed by atoms with Crippen molar-refractivity contribution in [3.63, 3.8) is 0 Å². The molecular formula is C8H6ClF5N2O. The number of nitrogens with one attached hydrogen (secondary N) is 1. The molecule has 0 saturated heterocycles. The van der Waals surface area contributed by atoms with Gasteiger partial charge in [0.1, 0.15) is 11.5 Å². The van der Waals surface area contributed by atoms with Gasteiger partial charge in [-0.2, -0.15) is 13.2 Å². The number of nitrogens with two attached hydrogens (primary N) is 1. The second-order valence-electron chi connectivity index (χ2n) is 2.77. The molecule has 0 unspecified atom stereocenters. The highest BCUT2D eigenvalue weighted by molar-refractivity contribution is 5.95. The number of benzene rings is 1. The lowest BCUT2D eigenvalue weighted by atomic mass is 10.2. The van der Waals surface area contributed by atoms with Crippen LogP contribution in [0.1, 0.15) is 0 Å². The van der Waals surface area contributed by atoms with Crippen LogP contribution in [0.15, 0.2) is 12.1 Å². The molecule has 9 heteroatoms. The van der Waals surface area contributed by atoms with Crippen molar-refractivity contribution < 1.29 is 26.7 Å². The Hall–Kier alpha value is -1.57. The second-order valence-corrected chi connectivity index (χ2v) is 2.77. The highest BCUT2D eigenvalue weighted by Crippen LogP contribution is 2.25. The molecule has 0 aliphatic carbocycles. The van der Waals surface area contributed by atoms with Gasteiger partial charge >= 0.3 is 12.1 Å².